The number of aromatic nitrogens is 2. The van der Waals surface area contributed by atoms with Gasteiger partial charge in [-0.25, -0.2) is 4.79 Å². The number of benzene rings is 3. The largest absolute Gasteiger partial charge is 0.487 e. The molecule has 6 nitrogen and oxygen atoms in total. The van der Waals surface area contributed by atoms with Gasteiger partial charge in [0, 0.05) is 56.5 Å². The Morgan fingerprint density at radius 3 is 2.57 bits per heavy atom. The molecule has 1 aliphatic heterocycles. The van der Waals surface area contributed by atoms with E-state index in [2.05, 4.69) is 58.9 Å². The van der Waals surface area contributed by atoms with E-state index in [-0.39, 0.29) is 0 Å². The maximum atomic E-state index is 11.6. The molecule has 1 unspecified atom stereocenters. The number of pyridine rings is 1. The highest BCUT2D eigenvalue weighted by Gasteiger charge is 2.29. The summed E-state index contributed by atoms with van der Waals surface area (Å²) in [6.07, 6.45) is 3.02. The molecule has 0 fully saturated rings. The molecule has 0 saturated heterocycles. The number of thioether (sulfide) groups is 1. The Morgan fingerprint density at radius 2 is 1.86 bits per heavy atom. The summed E-state index contributed by atoms with van der Waals surface area (Å²) in [5.74, 6) is -0.0463. The predicted molar refractivity (Wildman–Crippen MR) is 177 cm³/mol. The van der Waals surface area contributed by atoms with Crippen LogP contribution in [0.5, 0.6) is 5.75 Å². The van der Waals surface area contributed by atoms with Gasteiger partial charge < -0.3 is 19.1 Å². The highest BCUT2D eigenvalue weighted by atomic mass is 35.5. The smallest absolute Gasteiger partial charge is 0.332 e. The Kier molecular flexibility index (Phi) is 9.26. The first-order valence-electron chi connectivity index (χ1n) is 15.0. The summed E-state index contributed by atoms with van der Waals surface area (Å²) in [4.78, 5) is 17.5. The quantitative estimate of drug-likeness (QED) is 0.150. The number of carbonyl (C=O) groups is 1. The molecule has 8 heteroatoms. The number of nitrogens with zero attached hydrogens (tertiary/aromatic N) is 2. The van der Waals surface area contributed by atoms with Crippen LogP contribution in [0.25, 0.3) is 22.0 Å². The van der Waals surface area contributed by atoms with Crippen LogP contribution in [0.1, 0.15) is 42.8 Å². The topological polar surface area (TPSA) is 73.6 Å². The first-order valence-corrected chi connectivity index (χ1v) is 16.2. The van der Waals surface area contributed by atoms with Gasteiger partial charge in [-0.3, -0.25) is 4.98 Å². The number of rotatable bonds is 12. The van der Waals surface area contributed by atoms with Crippen LogP contribution < -0.4 is 4.74 Å². The first-order chi connectivity index (χ1) is 21.4. The fourth-order valence-corrected chi connectivity index (χ4v) is 7.30. The van der Waals surface area contributed by atoms with E-state index < -0.39 is 12.1 Å². The van der Waals surface area contributed by atoms with Gasteiger partial charge in [0.25, 0.3) is 0 Å². The summed E-state index contributed by atoms with van der Waals surface area (Å²) in [6, 6.07) is 26.5. The maximum Gasteiger partial charge on any atom is 0.332 e. The minimum absolute atomic E-state index is 0.326. The molecule has 5 aromatic rings. The number of carboxylic acids is 1. The average Bonchev–Trinajstić information content (AvgIpc) is 3.32. The standard InChI is InChI=1S/C36H35ClN2O4S/c1-3-32(36(40)41)42-18-17-31-35-34-29(19-23(2)44-35)33(16-15-30(34)39(31)21-24-9-12-27(37)13-10-24)43-22-28-14-11-26(20-38-28)25-7-5-4-6-8-25/h4-16,20,23,32H,3,17-19,21-22H2,1-2H3,(H,40,41)/t23?,32-/m1/s1. The number of hydrogen-bond acceptors (Lipinski definition) is 5. The number of hydrogen-bond donors (Lipinski definition) is 1. The Labute approximate surface area is 267 Å². The van der Waals surface area contributed by atoms with Crippen LogP contribution in [0.4, 0.5) is 0 Å². The molecule has 0 saturated carbocycles. The zero-order valence-corrected chi connectivity index (χ0v) is 26.4. The average molecular weight is 627 g/mol. The lowest BCUT2D eigenvalue weighted by Crippen LogP contribution is -2.24. The molecule has 1 aliphatic rings. The highest BCUT2D eigenvalue weighted by molar-refractivity contribution is 8.00. The summed E-state index contributed by atoms with van der Waals surface area (Å²) in [5.41, 5.74) is 7.73. The van der Waals surface area contributed by atoms with Gasteiger partial charge in [-0.05, 0) is 54.3 Å². The molecule has 2 aromatic heterocycles. The fraction of sp³-hybridized carbons (Fsp3) is 0.278. The van der Waals surface area contributed by atoms with Crippen molar-refractivity contribution in [3.05, 3.63) is 113 Å². The third-order valence-electron chi connectivity index (χ3n) is 8.03. The van der Waals surface area contributed by atoms with E-state index in [1.54, 1.807) is 0 Å². The molecule has 226 valence electrons. The Morgan fingerprint density at radius 1 is 1.07 bits per heavy atom. The summed E-state index contributed by atoms with van der Waals surface area (Å²) in [6.45, 7) is 5.45. The molecule has 0 radical (unpaired) electrons. The molecule has 2 atom stereocenters. The van der Waals surface area contributed by atoms with E-state index in [4.69, 9.17) is 21.1 Å². The van der Waals surface area contributed by atoms with Crippen molar-refractivity contribution in [2.24, 2.45) is 0 Å². The second-order valence-electron chi connectivity index (χ2n) is 11.1. The van der Waals surface area contributed by atoms with Crippen LogP contribution in [0.3, 0.4) is 0 Å². The van der Waals surface area contributed by atoms with Gasteiger partial charge >= 0.3 is 5.97 Å². The van der Waals surface area contributed by atoms with E-state index in [1.165, 1.54) is 15.8 Å². The lowest BCUT2D eigenvalue weighted by Gasteiger charge is -2.22. The van der Waals surface area contributed by atoms with E-state index >= 15 is 0 Å². The molecule has 0 aliphatic carbocycles. The SMILES string of the molecule is CC[C@@H](OCCc1c2c3c(c(OCc4ccc(-c5ccccc5)cn4)ccc3n1Cc1ccc(Cl)cc1)CC(C)S2)C(=O)O. The van der Waals surface area contributed by atoms with Crippen LogP contribution in [0.15, 0.2) is 90.0 Å². The number of ether oxygens (including phenoxy) is 2. The summed E-state index contributed by atoms with van der Waals surface area (Å²) in [5, 5.41) is 11.8. The van der Waals surface area contributed by atoms with Crippen LogP contribution in [-0.2, 0) is 35.5 Å². The van der Waals surface area contributed by atoms with Crippen LogP contribution in [0.2, 0.25) is 5.02 Å². The van der Waals surface area contributed by atoms with Gasteiger partial charge in [0.15, 0.2) is 6.10 Å². The minimum atomic E-state index is -0.924. The molecule has 0 spiro atoms. The van der Waals surface area contributed by atoms with Crippen molar-refractivity contribution < 1.29 is 19.4 Å². The summed E-state index contributed by atoms with van der Waals surface area (Å²) >= 11 is 8.06. The third kappa shape index (κ3) is 6.50. The van der Waals surface area contributed by atoms with Crippen LogP contribution in [0, 0.1) is 0 Å². The van der Waals surface area contributed by atoms with Crippen molar-refractivity contribution >= 4 is 40.2 Å². The van der Waals surface area contributed by atoms with Crippen molar-refractivity contribution in [3.63, 3.8) is 0 Å². The van der Waals surface area contributed by atoms with E-state index in [0.717, 1.165) is 45.8 Å². The van der Waals surface area contributed by atoms with Gasteiger partial charge in [-0.2, -0.15) is 0 Å². The van der Waals surface area contributed by atoms with Crippen molar-refractivity contribution in [2.45, 2.75) is 62.5 Å². The number of halogens is 1. The fourth-order valence-electron chi connectivity index (χ4n) is 5.83. The van der Waals surface area contributed by atoms with E-state index in [1.807, 2.05) is 61.3 Å². The molecule has 1 N–H and O–H groups in total. The molecular formula is C36H35ClN2O4S. The van der Waals surface area contributed by atoms with Crippen molar-refractivity contribution in [1.29, 1.82) is 0 Å². The van der Waals surface area contributed by atoms with Crippen molar-refractivity contribution in [3.8, 4) is 16.9 Å². The van der Waals surface area contributed by atoms with Crippen LogP contribution in [-0.4, -0.2) is 38.6 Å². The lowest BCUT2D eigenvalue weighted by atomic mass is 10.0. The zero-order chi connectivity index (χ0) is 30.6. The third-order valence-corrected chi connectivity index (χ3v) is 9.53. The second kappa shape index (κ2) is 13.5. The lowest BCUT2D eigenvalue weighted by molar-refractivity contribution is -0.150. The zero-order valence-electron chi connectivity index (χ0n) is 24.8. The molecule has 0 amide bonds. The van der Waals surface area contributed by atoms with Gasteiger partial charge in [-0.1, -0.05) is 74.0 Å². The predicted octanol–water partition coefficient (Wildman–Crippen LogP) is 8.44. The van der Waals surface area contributed by atoms with Crippen molar-refractivity contribution in [2.75, 3.05) is 6.61 Å². The van der Waals surface area contributed by atoms with E-state index in [9.17, 15) is 9.90 Å². The number of aliphatic carboxylic acids is 1. The monoisotopic (exact) mass is 626 g/mol. The number of carboxylic acid groups (broad SMARTS) is 1. The first kappa shape index (κ1) is 30.3. The maximum absolute atomic E-state index is 11.6. The highest BCUT2D eigenvalue weighted by Crippen LogP contribution is 2.47. The summed E-state index contributed by atoms with van der Waals surface area (Å²) in [7, 11) is 0. The molecule has 44 heavy (non-hydrogen) atoms. The van der Waals surface area contributed by atoms with Gasteiger partial charge in [0.2, 0.25) is 0 Å². The molecular weight excluding hydrogens is 592 g/mol. The van der Waals surface area contributed by atoms with Gasteiger partial charge in [0.05, 0.1) is 17.8 Å². The van der Waals surface area contributed by atoms with Gasteiger partial charge in [0.1, 0.15) is 12.4 Å². The normalized spacial score (nSPS) is 14.9. The molecule has 6 rings (SSSR count). The Bertz CT molecular complexity index is 1750. The molecule has 0 bridgehead atoms. The second-order valence-corrected chi connectivity index (χ2v) is 13.0. The molecule has 3 heterocycles. The Balaban J connectivity index is 1.32. The van der Waals surface area contributed by atoms with Crippen LogP contribution >= 0.6 is 23.4 Å². The van der Waals surface area contributed by atoms with Crippen molar-refractivity contribution in [1.82, 2.24) is 9.55 Å². The Hall–Kier alpha value is -3.78. The minimum Gasteiger partial charge on any atom is -0.487 e. The summed E-state index contributed by atoms with van der Waals surface area (Å²) < 4.78 is 14.6. The van der Waals surface area contributed by atoms with Gasteiger partial charge in [-0.15, -0.1) is 11.8 Å². The molecule has 3 aromatic carbocycles. The van der Waals surface area contributed by atoms with E-state index in [0.29, 0.717) is 42.9 Å².